The van der Waals surface area contributed by atoms with Crippen molar-refractivity contribution in [3.8, 4) is 0 Å². The van der Waals surface area contributed by atoms with Gasteiger partial charge in [0.2, 0.25) is 5.13 Å². The van der Waals surface area contributed by atoms with E-state index in [1.54, 1.807) is 17.8 Å². The molecule has 4 nitrogen and oxygen atoms in total. The highest BCUT2D eigenvalue weighted by atomic mass is 32.2. The number of aryl methyl sites for hydroxylation is 1. The van der Waals surface area contributed by atoms with E-state index < -0.39 is 0 Å². The minimum absolute atomic E-state index is 0.137. The van der Waals surface area contributed by atoms with Crippen molar-refractivity contribution < 1.29 is 4.79 Å². The Kier molecular flexibility index (Phi) is 4.87. The molecular formula is C15H13N3OS3. The molecule has 0 saturated carbocycles. The van der Waals surface area contributed by atoms with Gasteiger partial charge in [0.15, 0.2) is 4.34 Å². The lowest BCUT2D eigenvalue weighted by atomic mass is 10.1. The monoisotopic (exact) mass is 347 g/mol. The van der Waals surface area contributed by atoms with Crippen LogP contribution in [0, 0.1) is 6.92 Å². The molecule has 2 heterocycles. The molecule has 7 heteroatoms. The summed E-state index contributed by atoms with van der Waals surface area (Å²) >= 11 is 4.43. The third kappa shape index (κ3) is 3.73. The molecule has 0 atom stereocenters. The first-order valence-corrected chi connectivity index (χ1v) is 9.26. The number of amides is 1. The van der Waals surface area contributed by atoms with Crippen LogP contribution in [0.2, 0.25) is 0 Å². The fourth-order valence-electron chi connectivity index (χ4n) is 1.80. The Morgan fingerprint density at radius 2 is 2.09 bits per heavy atom. The van der Waals surface area contributed by atoms with E-state index in [1.807, 2.05) is 23.6 Å². The highest BCUT2D eigenvalue weighted by molar-refractivity contribution is 8.00. The maximum Gasteiger partial charge on any atom is 0.267 e. The zero-order chi connectivity index (χ0) is 15.4. The standard InChI is InChI=1S/C15H13N3OS3/c1-10-5-2-3-6-11(10)9-21-15-18-17-14(22-15)16-13(19)12-7-4-8-20-12/h2-8H,9H2,1H3,(H,16,17,19). The van der Waals surface area contributed by atoms with Gasteiger partial charge in [0.1, 0.15) is 0 Å². The number of thiophene rings is 1. The molecule has 3 aromatic rings. The number of nitrogens with one attached hydrogen (secondary N) is 1. The van der Waals surface area contributed by atoms with Gasteiger partial charge in [0, 0.05) is 5.75 Å². The van der Waals surface area contributed by atoms with Crippen molar-refractivity contribution >= 4 is 45.5 Å². The fourth-order valence-corrected chi connectivity index (χ4v) is 4.24. The van der Waals surface area contributed by atoms with Crippen molar-refractivity contribution in [1.82, 2.24) is 10.2 Å². The van der Waals surface area contributed by atoms with Gasteiger partial charge < -0.3 is 0 Å². The predicted octanol–water partition coefficient (Wildman–Crippen LogP) is 4.45. The van der Waals surface area contributed by atoms with Crippen LogP contribution >= 0.6 is 34.4 Å². The average Bonchev–Trinajstić information content (AvgIpc) is 3.18. The Balaban J connectivity index is 1.60. The number of hydrogen-bond donors (Lipinski definition) is 1. The first-order chi connectivity index (χ1) is 10.7. The van der Waals surface area contributed by atoms with Gasteiger partial charge in [-0.2, -0.15) is 0 Å². The van der Waals surface area contributed by atoms with E-state index in [0.29, 0.717) is 10.0 Å². The van der Waals surface area contributed by atoms with Crippen LogP contribution in [0.4, 0.5) is 5.13 Å². The number of anilines is 1. The van der Waals surface area contributed by atoms with Crippen molar-refractivity contribution in [2.75, 3.05) is 5.32 Å². The molecule has 3 rings (SSSR count). The summed E-state index contributed by atoms with van der Waals surface area (Å²) < 4.78 is 0.852. The van der Waals surface area contributed by atoms with Gasteiger partial charge in [-0.3, -0.25) is 10.1 Å². The molecule has 0 unspecified atom stereocenters. The summed E-state index contributed by atoms with van der Waals surface area (Å²) in [6, 6.07) is 11.9. The van der Waals surface area contributed by atoms with E-state index in [4.69, 9.17) is 0 Å². The molecule has 0 aliphatic carbocycles. The Hall–Kier alpha value is -1.70. The van der Waals surface area contributed by atoms with Gasteiger partial charge in [-0.25, -0.2) is 0 Å². The molecule has 0 radical (unpaired) electrons. The largest absolute Gasteiger partial charge is 0.296 e. The molecule has 0 aliphatic rings. The normalized spacial score (nSPS) is 10.6. The summed E-state index contributed by atoms with van der Waals surface area (Å²) in [6.07, 6.45) is 0. The summed E-state index contributed by atoms with van der Waals surface area (Å²) in [4.78, 5) is 12.6. The van der Waals surface area contributed by atoms with E-state index >= 15 is 0 Å². The van der Waals surface area contributed by atoms with E-state index in [0.717, 1.165) is 10.1 Å². The van der Waals surface area contributed by atoms with Crippen molar-refractivity contribution in [2.24, 2.45) is 0 Å². The first-order valence-electron chi connectivity index (χ1n) is 6.58. The minimum atomic E-state index is -0.137. The van der Waals surface area contributed by atoms with Gasteiger partial charge in [0.05, 0.1) is 4.88 Å². The topological polar surface area (TPSA) is 54.9 Å². The van der Waals surface area contributed by atoms with Crippen LogP contribution in [0.25, 0.3) is 0 Å². The second kappa shape index (κ2) is 7.04. The number of nitrogens with zero attached hydrogens (tertiary/aromatic N) is 2. The van der Waals surface area contributed by atoms with Gasteiger partial charge in [-0.05, 0) is 29.5 Å². The highest BCUT2D eigenvalue weighted by Crippen LogP contribution is 2.29. The number of thioether (sulfide) groups is 1. The quantitative estimate of drug-likeness (QED) is 0.547. The second-order valence-electron chi connectivity index (χ2n) is 4.52. The highest BCUT2D eigenvalue weighted by Gasteiger charge is 2.11. The molecule has 2 aromatic heterocycles. The van der Waals surface area contributed by atoms with Crippen LogP contribution in [-0.4, -0.2) is 16.1 Å². The Morgan fingerprint density at radius 1 is 1.23 bits per heavy atom. The molecular weight excluding hydrogens is 334 g/mol. The molecule has 1 N–H and O–H groups in total. The van der Waals surface area contributed by atoms with Gasteiger partial charge in [-0.1, -0.05) is 53.4 Å². The smallest absolute Gasteiger partial charge is 0.267 e. The summed E-state index contributed by atoms with van der Waals surface area (Å²) in [5.41, 5.74) is 2.55. The third-order valence-corrected chi connectivity index (χ3v) is 5.87. The fraction of sp³-hybridized carbons (Fsp3) is 0.133. The van der Waals surface area contributed by atoms with Crippen LogP contribution in [0.15, 0.2) is 46.1 Å². The van der Waals surface area contributed by atoms with Crippen molar-refractivity contribution in [3.05, 3.63) is 57.8 Å². The summed E-state index contributed by atoms with van der Waals surface area (Å²) in [5, 5.41) is 13.3. The van der Waals surface area contributed by atoms with Crippen LogP contribution < -0.4 is 5.32 Å². The van der Waals surface area contributed by atoms with Gasteiger partial charge in [0.25, 0.3) is 5.91 Å². The van der Waals surface area contributed by atoms with Crippen LogP contribution in [0.1, 0.15) is 20.8 Å². The maximum atomic E-state index is 11.9. The molecule has 0 saturated heterocycles. The Labute approximate surface area is 140 Å². The maximum absolute atomic E-state index is 11.9. The van der Waals surface area contributed by atoms with E-state index in [1.165, 1.54) is 33.8 Å². The lowest BCUT2D eigenvalue weighted by Crippen LogP contribution is -2.09. The Morgan fingerprint density at radius 3 is 2.86 bits per heavy atom. The Bertz CT molecular complexity index is 768. The van der Waals surface area contributed by atoms with Gasteiger partial charge in [-0.15, -0.1) is 21.5 Å². The van der Waals surface area contributed by atoms with E-state index in [2.05, 4.69) is 34.6 Å². The van der Waals surface area contributed by atoms with Crippen LogP contribution in [-0.2, 0) is 5.75 Å². The number of carbonyl (C=O) groups excluding carboxylic acids is 1. The molecule has 22 heavy (non-hydrogen) atoms. The second-order valence-corrected chi connectivity index (χ2v) is 7.67. The third-order valence-electron chi connectivity index (χ3n) is 2.98. The summed E-state index contributed by atoms with van der Waals surface area (Å²) in [7, 11) is 0. The lowest BCUT2D eigenvalue weighted by Gasteiger charge is -2.02. The number of benzene rings is 1. The van der Waals surface area contributed by atoms with Crippen molar-refractivity contribution in [2.45, 2.75) is 17.0 Å². The van der Waals surface area contributed by atoms with E-state index in [-0.39, 0.29) is 5.91 Å². The molecule has 112 valence electrons. The molecule has 0 spiro atoms. The molecule has 0 bridgehead atoms. The number of carbonyl (C=O) groups is 1. The minimum Gasteiger partial charge on any atom is -0.296 e. The molecule has 0 aliphatic heterocycles. The molecule has 0 fully saturated rings. The van der Waals surface area contributed by atoms with Gasteiger partial charge >= 0.3 is 0 Å². The van der Waals surface area contributed by atoms with Crippen LogP contribution in [0.5, 0.6) is 0 Å². The lowest BCUT2D eigenvalue weighted by molar-refractivity contribution is 0.103. The predicted molar refractivity (Wildman–Crippen MR) is 92.9 cm³/mol. The first kappa shape index (κ1) is 15.2. The van der Waals surface area contributed by atoms with Crippen molar-refractivity contribution in [1.29, 1.82) is 0 Å². The average molecular weight is 347 g/mol. The number of aromatic nitrogens is 2. The zero-order valence-corrected chi connectivity index (χ0v) is 14.2. The molecule has 1 amide bonds. The number of hydrogen-bond acceptors (Lipinski definition) is 6. The molecule has 1 aromatic carbocycles. The SMILES string of the molecule is Cc1ccccc1CSc1nnc(NC(=O)c2cccs2)s1. The number of rotatable bonds is 5. The van der Waals surface area contributed by atoms with E-state index in [9.17, 15) is 4.79 Å². The zero-order valence-electron chi connectivity index (χ0n) is 11.8. The van der Waals surface area contributed by atoms with Crippen molar-refractivity contribution in [3.63, 3.8) is 0 Å². The van der Waals surface area contributed by atoms with Crippen LogP contribution in [0.3, 0.4) is 0 Å². The summed E-state index contributed by atoms with van der Waals surface area (Å²) in [6.45, 7) is 2.10. The summed E-state index contributed by atoms with van der Waals surface area (Å²) in [5.74, 6) is 0.710.